The Labute approximate surface area is 166 Å². The van der Waals surface area contributed by atoms with Gasteiger partial charge in [-0.25, -0.2) is 5.43 Å². The summed E-state index contributed by atoms with van der Waals surface area (Å²) in [6.07, 6.45) is 1.48. The number of nitrogens with zero attached hydrogens (tertiary/aromatic N) is 1. The Morgan fingerprint density at radius 1 is 1.04 bits per heavy atom. The molecule has 2 saturated heterocycles. The molecule has 5 N–H and O–H groups in total. The third kappa shape index (κ3) is 2.90. The van der Waals surface area contributed by atoms with Crippen LogP contribution in [0.2, 0.25) is 0 Å². The van der Waals surface area contributed by atoms with Crippen LogP contribution < -0.4 is 16.6 Å². The van der Waals surface area contributed by atoms with Crippen molar-refractivity contribution in [2.24, 2.45) is 11.7 Å². The number of benzene rings is 2. The fourth-order valence-electron chi connectivity index (χ4n) is 5.67. The molecule has 2 aromatic carbocycles. The second-order valence-electron chi connectivity index (χ2n) is 8.69. The summed E-state index contributed by atoms with van der Waals surface area (Å²) in [4.78, 5) is 2.57. The molecule has 5 rings (SSSR count). The van der Waals surface area contributed by atoms with Gasteiger partial charge in [0.15, 0.2) is 0 Å². The fraction of sp³-hybridized carbons (Fsp3) is 0.478. The van der Waals surface area contributed by atoms with Crippen molar-refractivity contribution in [2.75, 3.05) is 26.2 Å². The summed E-state index contributed by atoms with van der Waals surface area (Å²) in [5, 5.41) is 11.0. The number of aliphatic hydroxyl groups excluding tert-OH is 1. The molecule has 0 aromatic heterocycles. The molecule has 0 saturated carbocycles. The monoisotopic (exact) mass is 378 g/mol. The molecule has 3 aliphatic rings. The number of piperidine rings is 1. The molecule has 0 bridgehead atoms. The maximum atomic E-state index is 11.0. The molecule has 28 heavy (non-hydrogen) atoms. The van der Waals surface area contributed by atoms with E-state index in [0.717, 1.165) is 44.6 Å². The summed E-state index contributed by atoms with van der Waals surface area (Å²) >= 11 is 0. The van der Waals surface area contributed by atoms with E-state index in [4.69, 9.17) is 5.73 Å². The van der Waals surface area contributed by atoms with Gasteiger partial charge >= 0.3 is 0 Å². The second kappa shape index (κ2) is 7.25. The predicted octanol–water partition coefficient (Wildman–Crippen LogP) is 1.86. The number of nitrogens with two attached hydrogens (primary N) is 1. The number of aliphatic hydroxyl groups is 1. The van der Waals surface area contributed by atoms with E-state index in [0.29, 0.717) is 12.0 Å². The highest BCUT2D eigenvalue weighted by Gasteiger charge is 2.51. The summed E-state index contributed by atoms with van der Waals surface area (Å²) in [6, 6.07) is 19.2. The molecule has 4 atom stereocenters. The van der Waals surface area contributed by atoms with E-state index in [1.807, 2.05) is 6.07 Å². The molecule has 0 amide bonds. The zero-order valence-corrected chi connectivity index (χ0v) is 16.2. The zero-order valence-electron chi connectivity index (χ0n) is 16.2. The lowest BCUT2D eigenvalue weighted by molar-refractivity contribution is 0.0254. The van der Waals surface area contributed by atoms with Crippen molar-refractivity contribution in [3.05, 3.63) is 71.3 Å². The minimum absolute atomic E-state index is 0.169. The molecule has 2 unspecified atom stereocenters. The van der Waals surface area contributed by atoms with Crippen LogP contribution in [0.1, 0.15) is 41.6 Å². The molecule has 2 aromatic rings. The summed E-state index contributed by atoms with van der Waals surface area (Å²) in [6.45, 7) is 4.07. The molecular formula is C23H30N4O. The van der Waals surface area contributed by atoms with Crippen molar-refractivity contribution in [1.82, 2.24) is 15.8 Å². The Morgan fingerprint density at radius 3 is 2.54 bits per heavy atom. The standard InChI is InChI=1S/C23H30N4O/c24-20-18-8-4-5-9-19(18)23(22(20)28)10-12-27(13-11-23)15-17-14-25-26-21(17)16-6-2-1-3-7-16/h1-9,17,20-22,25-26,28H,10-15,24H2/t17?,20-,21?,22+/m0/s1. The topological polar surface area (TPSA) is 73.5 Å². The van der Waals surface area contributed by atoms with Gasteiger partial charge in [-0.3, -0.25) is 5.43 Å². The Bertz CT molecular complexity index is 818. The Hall–Kier alpha value is -1.76. The van der Waals surface area contributed by atoms with E-state index in [-0.39, 0.29) is 11.5 Å². The lowest BCUT2D eigenvalue weighted by Crippen LogP contribution is -2.50. The quantitative estimate of drug-likeness (QED) is 0.656. The number of fused-ring (bicyclic) bond motifs is 2. The van der Waals surface area contributed by atoms with Gasteiger partial charge in [0.1, 0.15) is 0 Å². The summed E-state index contributed by atoms with van der Waals surface area (Å²) in [5.74, 6) is 0.541. The molecule has 5 nitrogen and oxygen atoms in total. The fourth-order valence-corrected chi connectivity index (χ4v) is 5.67. The highest BCUT2D eigenvalue weighted by Crippen LogP contribution is 2.50. The minimum atomic E-state index is -0.473. The first-order valence-corrected chi connectivity index (χ1v) is 10.5. The Kier molecular flexibility index (Phi) is 4.73. The van der Waals surface area contributed by atoms with Crippen LogP contribution in [0.4, 0.5) is 0 Å². The van der Waals surface area contributed by atoms with Gasteiger partial charge in [0.2, 0.25) is 0 Å². The van der Waals surface area contributed by atoms with Crippen LogP contribution in [0, 0.1) is 5.92 Å². The van der Waals surface area contributed by atoms with Gasteiger partial charge in [-0.15, -0.1) is 0 Å². The number of hydrogen-bond donors (Lipinski definition) is 4. The van der Waals surface area contributed by atoms with Crippen LogP contribution in [-0.2, 0) is 5.41 Å². The van der Waals surface area contributed by atoms with Crippen LogP contribution in [-0.4, -0.2) is 42.3 Å². The van der Waals surface area contributed by atoms with E-state index in [9.17, 15) is 5.11 Å². The summed E-state index contributed by atoms with van der Waals surface area (Å²) in [5.41, 5.74) is 16.8. The predicted molar refractivity (Wildman–Crippen MR) is 111 cm³/mol. The van der Waals surface area contributed by atoms with Crippen molar-refractivity contribution in [2.45, 2.75) is 36.4 Å². The van der Waals surface area contributed by atoms with Gasteiger partial charge in [-0.1, -0.05) is 54.6 Å². The van der Waals surface area contributed by atoms with Crippen LogP contribution >= 0.6 is 0 Å². The number of hydrogen-bond acceptors (Lipinski definition) is 5. The van der Waals surface area contributed by atoms with Crippen LogP contribution in [0.15, 0.2) is 54.6 Å². The van der Waals surface area contributed by atoms with E-state index in [1.165, 1.54) is 11.1 Å². The summed E-state index contributed by atoms with van der Waals surface area (Å²) in [7, 11) is 0. The second-order valence-corrected chi connectivity index (χ2v) is 8.69. The molecule has 1 spiro atoms. The SMILES string of the molecule is N[C@H]1c2ccccc2C2(CCN(CC3CNNC3c3ccccc3)CC2)[C@@H]1O. The average molecular weight is 379 g/mol. The lowest BCUT2D eigenvalue weighted by Gasteiger charge is -2.43. The molecular weight excluding hydrogens is 348 g/mol. The highest BCUT2D eigenvalue weighted by molar-refractivity contribution is 5.45. The third-order valence-corrected chi connectivity index (χ3v) is 7.26. The number of nitrogens with one attached hydrogen (secondary N) is 2. The largest absolute Gasteiger partial charge is 0.390 e. The molecule has 5 heteroatoms. The maximum absolute atomic E-state index is 11.0. The molecule has 1 aliphatic carbocycles. The zero-order chi connectivity index (χ0) is 19.1. The first-order chi connectivity index (χ1) is 13.7. The van der Waals surface area contributed by atoms with Crippen LogP contribution in [0.5, 0.6) is 0 Å². The van der Waals surface area contributed by atoms with E-state index in [1.54, 1.807) is 0 Å². The van der Waals surface area contributed by atoms with Crippen LogP contribution in [0.25, 0.3) is 0 Å². The van der Waals surface area contributed by atoms with Gasteiger partial charge in [0.05, 0.1) is 18.2 Å². The van der Waals surface area contributed by atoms with Gasteiger partial charge in [-0.2, -0.15) is 0 Å². The van der Waals surface area contributed by atoms with Crippen molar-refractivity contribution in [3.63, 3.8) is 0 Å². The molecule has 148 valence electrons. The Morgan fingerprint density at radius 2 is 1.75 bits per heavy atom. The van der Waals surface area contributed by atoms with Crippen molar-refractivity contribution < 1.29 is 5.11 Å². The minimum Gasteiger partial charge on any atom is -0.390 e. The normalized spacial score (nSPS) is 31.9. The summed E-state index contributed by atoms with van der Waals surface area (Å²) < 4.78 is 0. The van der Waals surface area contributed by atoms with Crippen LogP contribution in [0.3, 0.4) is 0 Å². The number of likely N-dealkylation sites (tertiary alicyclic amines) is 1. The van der Waals surface area contributed by atoms with Gasteiger partial charge in [0, 0.05) is 24.4 Å². The molecule has 2 aliphatic heterocycles. The molecule has 2 heterocycles. The van der Waals surface area contributed by atoms with E-state index in [2.05, 4.69) is 64.3 Å². The first-order valence-electron chi connectivity index (χ1n) is 10.5. The smallest absolute Gasteiger partial charge is 0.0830 e. The lowest BCUT2D eigenvalue weighted by atomic mass is 9.72. The van der Waals surface area contributed by atoms with E-state index >= 15 is 0 Å². The number of hydrazine groups is 1. The number of rotatable bonds is 3. The van der Waals surface area contributed by atoms with Gasteiger partial charge < -0.3 is 15.7 Å². The Balaban J connectivity index is 1.28. The van der Waals surface area contributed by atoms with Crippen molar-refractivity contribution in [1.29, 1.82) is 0 Å². The van der Waals surface area contributed by atoms with Crippen molar-refractivity contribution >= 4 is 0 Å². The third-order valence-electron chi connectivity index (χ3n) is 7.26. The van der Waals surface area contributed by atoms with Gasteiger partial charge in [0.25, 0.3) is 0 Å². The highest BCUT2D eigenvalue weighted by atomic mass is 16.3. The van der Waals surface area contributed by atoms with Crippen molar-refractivity contribution in [3.8, 4) is 0 Å². The van der Waals surface area contributed by atoms with Gasteiger partial charge in [-0.05, 0) is 42.6 Å². The molecule has 0 radical (unpaired) electrons. The molecule has 2 fully saturated rings. The first kappa shape index (κ1) is 18.3. The maximum Gasteiger partial charge on any atom is 0.0830 e. The van der Waals surface area contributed by atoms with E-state index < -0.39 is 6.10 Å². The average Bonchev–Trinajstić information content (AvgIpc) is 3.29.